The molecule has 0 radical (unpaired) electrons. The first-order valence-electron chi connectivity index (χ1n) is 3.56. The zero-order valence-corrected chi connectivity index (χ0v) is 6.96. The van der Waals surface area contributed by atoms with E-state index in [1.54, 1.807) is 13.8 Å². The van der Waals surface area contributed by atoms with Gasteiger partial charge in [0.1, 0.15) is 5.75 Å². The fourth-order valence-electron chi connectivity index (χ4n) is 1.08. The van der Waals surface area contributed by atoms with Gasteiger partial charge in [-0.25, -0.2) is 4.79 Å². The predicted octanol–water partition coefficient (Wildman–Crippen LogP) is 1.06. The normalized spacial score (nSPS) is 9.08. The van der Waals surface area contributed by atoms with Crippen LogP contribution in [0.5, 0.6) is 5.75 Å². The van der Waals surface area contributed by atoms with Gasteiger partial charge in [0.05, 0.1) is 5.56 Å². The summed E-state index contributed by atoms with van der Waals surface area (Å²) in [6, 6.07) is 2.90. The fraction of sp³-hybridized carbons (Fsp3) is 0.222. The van der Waals surface area contributed by atoms with Crippen LogP contribution in [0.25, 0.3) is 0 Å². The Morgan fingerprint density at radius 2 is 1.62 bits per heavy atom. The molecule has 0 saturated carbocycles. The summed E-state index contributed by atoms with van der Waals surface area (Å²) in [6.45, 7) is 3.35. The van der Waals surface area contributed by atoms with Gasteiger partial charge in [-0.1, -0.05) is 0 Å². The van der Waals surface area contributed by atoms with Crippen LogP contribution in [0.1, 0.15) is 21.5 Å². The molecule has 0 aliphatic rings. The van der Waals surface area contributed by atoms with Crippen LogP contribution in [-0.2, 0) is 0 Å². The molecule has 13 heavy (non-hydrogen) atoms. The number of phenols is 1. The fourth-order valence-corrected chi connectivity index (χ4v) is 1.08. The molecule has 2 N–H and O–H groups in total. The van der Waals surface area contributed by atoms with Gasteiger partial charge in [0.2, 0.25) is 0 Å². The average molecular weight is 206 g/mol. The summed E-state index contributed by atoms with van der Waals surface area (Å²) < 4.78 is 0. The monoisotopic (exact) mass is 206 g/mol. The maximum atomic E-state index is 10.5. The predicted molar refractivity (Wildman–Crippen MR) is 51.7 cm³/mol. The molecule has 3 nitrogen and oxygen atoms in total. The van der Waals surface area contributed by atoms with Crippen molar-refractivity contribution in [3.05, 3.63) is 28.8 Å². The topological polar surface area (TPSA) is 57.5 Å². The average Bonchev–Trinajstić information content (AvgIpc) is 1.99. The summed E-state index contributed by atoms with van der Waals surface area (Å²) >= 11 is 0. The van der Waals surface area contributed by atoms with Crippen LogP contribution < -0.4 is 0 Å². The standard InChI is InChI=1S/C9H10O3.K.H/c1-5-3-7(9(11)12)4-6(2)8(5)10;;/h3-4,10H,1-2H3,(H,11,12);;. The Kier molecular flexibility index (Phi) is 5.17. The summed E-state index contributed by atoms with van der Waals surface area (Å²) in [5, 5.41) is 18.0. The van der Waals surface area contributed by atoms with Crippen molar-refractivity contribution in [2.75, 3.05) is 0 Å². The molecule has 0 aliphatic heterocycles. The minimum atomic E-state index is -0.971. The molecule has 0 bridgehead atoms. The number of phenolic OH excluding ortho intramolecular Hbond substituents is 1. The van der Waals surface area contributed by atoms with Crippen LogP contribution in [0.4, 0.5) is 0 Å². The summed E-state index contributed by atoms with van der Waals surface area (Å²) in [6.07, 6.45) is 0. The first kappa shape index (κ1) is 13.1. The van der Waals surface area contributed by atoms with Crippen LogP contribution in [0, 0.1) is 13.8 Å². The molecule has 0 amide bonds. The molecule has 0 unspecified atom stereocenters. The Hall–Kier alpha value is 0.126. The zero-order chi connectivity index (χ0) is 9.30. The van der Waals surface area contributed by atoms with E-state index in [9.17, 15) is 9.90 Å². The van der Waals surface area contributed by atoms with Gasteiger partial charge in [0.15, 0.2) is 0 Å². The van der Waals surface area contributed by atoms with Gasteiger partial charge in [-0.05, 0) is 37.1 Å². The molecule has 0 saturated heterocycles. The van der Waals surface area contributed by atoms with Crippen molar-refractivity contribution in [3.63, 3.8) is 0 Å². The van der Waals surface area contributed by atoms with E-state index in [0.29, 0.717) is 11.1 Å². The Balaban J connectivity index is 0.00000144. The second kappa shape index (κ2) is 5.12. The van der Waals surface area contributed by atoms with E-state index in [-0.39, 0.29) is 62.7 Å². The van der Waals surface area contributed by atoms with Gasteiger partial charge in [-0.2, -0.15) is 0 Å². The van der Waals surface area contributed by atoms with Gasteiger partial charge in [-0.15, -0.1) is 0 Å². The second-order valence-corrected chi connectivity index (χ2v) is 2.76. The first-order chi connectivity index (χ1) is 5.52. The quantitative estimate of drug-likeness (QED) is 0.675. The number of carboxylic acids is 1. The van der Waals surface area contributed by atoms with Crippen molar-refractivity contribution in [3.8, 4) is 5.75 Å². The number of aryl methyl sites for hydroxylation is 2. The van der Waals surface area contributed by atoms with E-state index >= 15 is 0 Å². The van der Waals surface area contributed by atoms with Gasteiger partial charge < -0.3 is 10.2 Å². The second-order valence-electron chi connectivity index (χ2n) is 2.76. The Morgan fingerprint density at radius 1 is 1.23 bits per heavy atom. The van der Waals surface area contributed by atoms with Crippen molar-refractivity contribution < 1.29 is 15.0 Å². The third kappa shape index (κ3) is 3.07. The van der Waals surface area contributed by atoms with E-state index in [1.165, 1.54) is 12.1 Å². The number of aromatic hydroxyl groups is 1. The molecular formula is C9H11KO3. The molecule has 1 aromatic rings. The molecule has 0 spiro atoms. The number of hydrogen-bond acceptors (Lipinski definition) is 2. The van der Waals surface area contributed by atoms with Crippen LogP contribution in [0.3, 0.4) is 0 Å². The number of rotatable bonds is 1. The van der Waals surface area contributed by atoms with Crippen molar-refractivity contribution >= 4 is 57.4 Å². The Labute approximate surface area is 119 Å². The summed E-state index contributed by atoms with van der Waals surface area (Å²) in [5.41, 5.74) is 1.39. The molecule has 4 heteroatoms. The number of hydrogen-bond donors (Lipinski definition) is 2. The van der Waals surface area contributed by atoms with E-state index < -0.39 is 5.97 Å². The van der Waals surface area contributed by atoms with E-state index in [0.717, 1.165) is 0 Å². The molecule has 0 aliphatic carbocycles. The number of benzene rings is 1. The van der Waals surface area contributed by atoms with Crippen LogP contribution in [0.2, 0.25) is 0 Å². The first-order valence-corrected chi connectivity index (χ1v) is 3.56. The Bertz CT molecular complexity index is 311. The maximum absolute atomic E-state index is 10.5. The molecule has 0 heterocycles. The molecule has 0 fully saturated rings. The van der Waals surface area contributed by atoms with Gasteiger partial charge in [0.25, 0.3) is 0 Å². The van der Waals surface area contributed by atoms with Crippen molar-refractivity contribution in [1.82, 2.24) is 0 Å². The molecule has 66 valence electrons. The van der Waals surface area contributed by atoms with Crippen molar-refractivity contribution in [2.45, 2.75) is 13.8 Å². The summed E-state index contributed by atoms with van der Waals surface area (Å²) in [4.78, 5) is 10.5. The van der Waals surface area contributed by atoms with Gasteiger partial charge in [-0.3, -0.25) is 0 Å². The van der Waals surface area contributed by atoms with Crippen LogP contribution in [0.15, 0.2) is 12.1 Å². The van der Waals surface area contributed by atoms with E-state index in [1.807, 2.05) is 0 Å². The van der Waals surface area contributed by atoms with Gasteiger partial charge in [0, 0.05) is 0 Å². The summed E-state index contributed by atoms with van der Waals surface area (Å²) in [5.74, 6) is -0.804. The number of carbonyl (C=O) groups is 1. The number of aromatic carboxylic acids is 1. The van der Waals surface area contributed by atoms with Crippen LogP contribution >= 0.6 is 0 Å². The molecule has 0 aromatic heterocycles. The molecular weight excluding hydrogens is 195 g/mol. The zero-order valence-electron chi connectivity index (χ0n) is 6.96. The minimum absolute atomic E-state index is 0. The van der Waals surface area contributed by atoms with Crippen molar-refractivity contribution in [2.24, 2.45) is 0 Å². The molecule has 1 aromatic carbocycles. The van der Waals surface area contributed by atoms with Crippen molar-refractivity contribution in [1.29, 1.82) is 0 Å². The van der Waals surface area contributed by atoms with Crippen LogP contribution in [-0.4, -0.2) is 67.6 Å². The third-order valence-corrected chi connectivity index (χ3v) is 1.74. The van der Waals surface area contributed by atoms with E-state index in [2.05, 4.69) is 0 Å². The Morgan fingerprint density at radius 3 is 1.92 bits per heavy atom. The van der Waals surface area contributed by atoms with Gasteiger partial charge >= 0.3 is 57.4 Å². The summed E-state index contributed by atoms with van der Waals surface area (Å²) in [7, 11) is 0. The molecule has 0 atom stereocenters. The SMILES string of the molecule is Cc1cc(C(=O)O)cc(C)c1O.[KH]. The van der Waals surface area contributed by atoms with E-state index in [4.69, 9.17) is 5.11 Å². The third-order valence-electron chi connectivity index (χ3n) is 1.74. The number of carboxylic acid groups (broad SMARTS) is 1. The molecule has 1 rings (SSSR count).